The third-order valence-electron chi connectivity index (χ3n) is 4.28. The maximum Gasteiger partial charge on any atom is 0.119 e. The zero-order valence-corrected chi connectivity index (χ0v) is 16.2. The first-order valence-electron chi connectivity index (χ1n) is 9.94. The molecule has 3 heteroatoms. The van der Waals surface area contributed by atoms with Crippen molar-refractivity contribution < 1.29 is 4.74 Å². The highest BCUT2D eigenvalue weighted by Crippen LogP contribution is 2.12. The molecule has 0 aromatic heterocycles. The molecule has 0 atom stereocenters. The molecule has 3 nitrogen and oxygen atoms in total. The minimum atomic E-state index is 0.819. The van der Waals surface area contributed by atoms with Gasteiger partial charge in [0.15, 0.2) is 0 Å². The largest absolute Gasteiger partial charge is 0.494 e. The van der Waals surface area contributed by atoms with Crippen LogP contribution in [-0.2, 0) is 6.54 Å². The van der Waals surface area contributed by atoms with E-state index >= 15 is 0 Å². The number of nitrogens with one attached hydrogen (secondary N) is 1. The molecule has 24 heavy (non-hydrogen) atoms. The maximum atomic E-state index is 5.71. The van der Waals surface area contributed by atoms with Gasteiger partial charge in [-0.15, -0.1) is 0 Å². The second-order valence-electron chi connectivity index (χ2n) is 6.57. The van der Waals surface area contributed by atoms with Gasteiger partial charge in [-0.1, -0.05) is 52.2 Å². The molecule has 0 heterocycles. The molecule has 0 unspecified atom stereocenters. The van der Waals surface area contributed by atoms with Crippen molar-refractivity contribution in [3.8, 4) is 5.75 Å². The van der Waals surface area contributed by atoms with Crippen LogP contribution in [0.15, 0.2) is 24.3 Å². The van der Waals surface area contributed by atoms with Crippen LogP contribution < -0.4 is 10.1 Å². The van der Waals surface area contributed by atoms with E-state index in [9.17, 15) is 0 Å². The van der Waals surface area contributed by atoms with E-state index in [-0.39, 0.29) is 0 Å². The molecule has 1 aromatic carbocycles. The van der Waals surface area contributed by atoms with E-state index in [2.05, 4.69) is 55.3 Å². The highest BCUT2D eigenvalue weighted by atomic mass is 16.5. The Bertz CT molecular complexity index is 383. The number of nitrogens with zero attached hydrogens (tertiary/aromatic N) is 1. The highest BCUT2D eigenvalue weighted by molar-refractivity contribution is 5.27. The molecule has 0 amide bonds. The molecule has 1 rings (SSSR count). The fourth-order valence-corrected chi connectivity index (χ4v) is 2.61. The maximum absolute atomic E-state index is 5.71. The number of unbranched alkanes of at least 4 members (excludes halogenated alkanes) is 3. The van der Waals surface area contributed by atoms with E-state index in [0.717, 1.165) is 38.4 Å². The second kappa shape index (κ2) is 14.3. The van der Waals surface area contributed by atoms with E-state index in [4.69, 9.17) is 4.74 Å². The summed E-state index contributed by atoms with van der Waals surface area (Å²) in [6.07, 6.45) is 7.48. The second-order valence-corrected chi connectivity index (χ2v) is 6.57. The molecule has 0 spiro atoms. The Morgan fingerprint density at radius 1 is 0.833 bits per heavy atom. The van der Waals surface area contributed by atoms with Crippen molar-refractivity contribution in [2.24, 2.45) is 0 Å². The number of hydrogen-bond acceptors (Lipinski definition) is 3. The van der Waals surface area contributed by atoms with Crippen molar-refractivity contribution in [3.05, 3.63) is 29.8 Å². The van der Waals surface area contributed by atoms with Crippen molar-refractivity contribution in [1.29, 1.82) is 0 Å². The minimum Gasteiger partial charge on any atom is -0.494 e. The van der Waals surface area contributed by atoms with E-state index in [0.29, 0.717) is 0 Å². The Morgan fingerprint density at radius 3 is 2.04 bits per heavy atom. The number of benzene rings is 1. The molecule has 0 radical (unpaired) electrons. The van der Waals surface area contributed by atoms with E-state index in [1.165, 1.54) is 50.8 Å². The quantitative estimate of drug-likeness (QED) is 0.464. The van der Waals surface area contributed by atoms with Gasteiger partial charge in [-0.2, -0.15) is 0 Å². The standard InChI is InChI=1S/C21H38N2O/c1-4-7-15-23(16-8-5-2)17-14-22-19-20-10-12-21(13-11-20)24-18-9-6-3/h10-13,22H,4-9,14-19H2,1-3H3. The van der Waals surface area contributed by atoms with Crippen LogP contribution in [0.1, 0.15) is 64.9 Å². The first kappa shape index (κ1) is 21.0. The Hall–Kier alpha value is -1.06. The van der Waals surface area contributed by atoms with Gasteiger partial charge in [0.25, 0.3) is 0 Å². The van der Waals surface area contributed by atoms with Crippen LogP contribution in [0.3, 0.4) is 0 Å². The summed E-state index contributed by atoms with van der Waals surface area (Å²) < 4.78 is 5.71. The Morgan fingerprint density at radius 2 is 1.46 bits per heavy atom. The monoisotopic (exact) mass is 334 g/mol. The summed E-state index contributed by atoms with van der Waals surface area (Å²) in [6.45, 7) is 13.2. The van der Waals surface area contributed by atoms with Crippen molar-refractivity contribution in [2.45, 2.75) is 65.8 Å². The van der Waals surface area contributed by atoms with Crippen molar-refractivity contribution in [3.63, 3.8) is 0 Å². The third-order valence-corrected chi connectivity index (χ3v) is 4.28. The molecule has 0 fully saturated rings. The zero-order valence-electron chi connectivity index (χ0n) is 16.2. The van der Waals surface area contributed by atoms with Crippen LogP contribution in [0.25, 0.3) is 0 Å². The van der Waals surface area contributed by atoms with Gasteiger partial charge in [-0.25, -0.2) is 0 Å². The van der Waals surface area contributed by atoms with Gasteiger partial charge in [-0.05, 0) is 50.0 Å². The van der Waals surface area contributed by atoms with Gasteiger partial charge in [0.05, 0.1) is 6.61 Å². The predicted molar refractivity (Wildman–Crippen MR) is 105 cm³/mol. The molecule has 0 saturated heterocycles. The third kappa shape index (κ3) is 9.94. The molecule has 1 aromatic rings. The van der Waals surface area contributed by atoms with Crippen LogP contribution in [-0.4, -0.2) is 37.7 Å². The topological polar surface area (TPSA) is 24.5 Å². The van der Waals surface area contributed by atoms with Gasteiger partial charge in [0.2, 0.25) is 0 Å². The first-order chi connectivity index (χ1) is 11.8. The molecule has 1 N–H and O–H groups in total. The van der Waals surface area contributed by atoms with Gasteiger partial charge in [0.1, 0.15) is 5.75 Å². The molecule has 0 bridgehead atoms. The van der Waals surface area contributed by atoms with Gasteiger partial charge in [0, 0.05) is 19.6 Å². The van der Waals surface area contributed by atoms with Gasteiger partial charge >= 0.3 is 0 Å². The lowest BCUT2D eigenvalue weighted by atomic mass is 10.2. The van der Waals surface area contributed by atoms with Crippen LogP contribution in [0, 0.1) is 0 Å². The SMILES string of the molecule is CCCCOc1ccc(CNCCN(CCCC)CCCC)cc1. The van der Waals surface area contributed by atoms with Crippen LogP contribution in [0.5, 0.6) is 5.75 Å². The van der Waals surface area contributed by atoms with Crippen molar-refractivity contribution >= 4 is 0 Å². The molecule has 138 valence electrons. The van der Waals surface area contributed by atoms with Crippen molar-refractivity contribution in [1.82, 2.24) is 10.2 Å². The lowest BCUT2D eigenvalue weighted by Crippen LogP contribution is -2.33. The molecule has 0 aliphatic heterocycles. The summed E-state index contributed by atoms with van der Waals surface area (Å²) in [6, 6.07) is 8.50. The molecule has 0 saturated carbocycles. The average Bonchev–Trinajstić information content (AvgIpc) is 2.61. The first-order valence-corrected chi connectivity index (χ1v) is 9.94. The normalized spacial score (nSPS) is 11.2. The minimum absolute atomic E-state index is 0.819. The van der Waals surface area contributed by atoms with Gasteiger partial charge in [-0.3, -0.25) is 0 Å². The summed E-state index contributed by atoms with van der Waals surface area (Å²) in [4.78, 5) is 2.60. The van der Waals surface area contributed by atoms with Gasteiger partial charge < -0.3 is 15.0 Å². The lowest BCUT2D eigenvalue weighted by Gasteiger charge is -2.22. The summed E-state index contributed by atoms with van der Waals surface area (Å²) in [5, 5.41) is 3.57. The summed E-state index contributed by atoms with van der Waals surface area (Å²) >= 11 is 0. The summed E-state index contributed by atoms with van der Waals surface area (Å²) in [5.74, 6) is 0.984. The number of ether oxygens (including phenoxy) is 1. The van der Waals surface area contributed by atoms with Crippen LogP contribution in [0.2, 0.25) is 0 Å². The van der Waals surface area contributed by atoms with Crippen LogP contribution >= 0.6 is 0 Å². The number of rotatable bonds is 15. The summed E-state index contributed by atoms with van der Waals surface area (Å²) in [7, 11) is 0. The lowest BCUT2D eigenvalue weighted by molar-refractivity contribution is 0.264. The van der Waals surface area contributed by atoms with E-state index in [1.807, 2.05) is 0 Å². The fourth-order valence-electron chi connectivity index (χ4n) is 2.61. The Kier molecular flexibility index (Phi) is 12.5. The van der Waals surface area contributed by atoms with E-state index in [1.54, 1.807) is 0 Å². The fraction of sp³-hybridized carbons (Fsp3) is 0.714. The average molecular weight is 335 g/mol. The molecular weight excluding hydrogens is 296 g/mol. The smallest absolute Gasteiger partial charge is 0.119 e. The molecular formula is C21H38N2O. The summed E-state index contributed by atoms with van der Waals surface area (Å²) in [5.41, 5.74) is 1.33. The Balaban J connectivity index is 2.22. The van der Waals surface area contributed by atoms with E-state index < -0.39 is 0 Å². The molecule has 0 aliphatic rings. The Labute approximate surface area is 149 Å². The zero-order chi connectivity index (χ0) is 17.5. The number of hydrogen-bond donors (Lipinski definition) is 1. The highest BCUT2D eigenvalue weighted by Gasteiger charge is 2.03. The van der Waals surface area contributed by atoms with Crippen molar-refractivity contribution in [2.75, 3.05) is 32.8 Å². The molecule has 0 aliphatic carbocycles. The van der Waals surface area contributed by atoms with Crippen LogP contribution in [0.4, 0.5) is 0 Å². The predicted octanol–water partition coefficient (Wildman–Crippen LogP) is 4.86.